The van der Waals surface area contributed by atoms with Crippen LogP contribution in [0.1, 0.15) is 33.7 Å². The molecule has 0 amide bonds. The molecule has 36 heavy (non-hydrogen) atoms. The lowest BCUT2D eigenvalue weighted by Crippen LogP contribution is -2.23. The lowest BCUT2D eigenvalue weighted by Gasteiger charge is -2.19. The van der Waals surface area contributed by atoms with Crippen LogP contribution in [-0.2, 0) is 12.7 Å². The van der Waals surface area contributed by atoms with Crippen molar-refractivity contribution in [2.24, 2.45) is 0 Å². The van der Waals surface area contributed by atoms with Gasteiger partial charge in [0.2, 0.25) is 0 Å². The van der Waals surface area contributed by atoms with Gasteiger partial charge in [0.1, 0.15) is 4.99 Å². The van der Waals surface area contributed by atoms with E-state index in [1.165, 1.54) is 24.5 Å². The number of pyridine rings is 1. The summed E-state index contributed by atoms with van der Waals surface area (Å²) in [5.41, 5.74) is -0.997. The van der Waals surface area contributed by atoms with Crippen LogP contribution in [-0.4, -0.2) is 16.1 Å². The van der Waals surface area contributed by atoms with E-state index in [9.17, 15) is 26.3 Å². The number of hydrogen-bond acceptors (Lipinski definition) is 2. The Morgan fingerprint density at radius 3 is 2.22 bits per heavy atom. The van der Waals surface area contributed by atoms with Crippen LogP contribution < -0.4 is 5.32 Å². The molecule has 0 aliphatic rings. The number of thiocarbonyl (C=S) groups is 1. The molecule has 0 radical (unpaired) electrons. The van der Waals surface area contributed by atoms with Crippen molar-refractivity contribution in [1.29, 1.82) is 0 Å². The SMILES string of the molecule is FC(F)(F)c1cc(/C=C/C(c2cc(Cl)c(Cl)c(Cl)c2)C(F)(F)F)ccc1CNC(=S)c1cccnc1. The molecule has 0 aliphatic heterocycles. The van der Waals surface area contributed by atoms with Gasteiger partial charge in [0.25, 0.3) is 0 Å². The molecule has 3 rings (SSSR count). The third kappa shape index (κ3) is 7.12. The number of allylic oxidation sites excluding steroid dienone is 1. The van der Waals surface area contributed by atoms with E-state index in [4.69, 9.17) is 47.0 Å². The zero-order valence-corrected chi connectivity index (χ0v) is 21.0. The fourth-order valence-electron chi connectivity index (χ4n) is 3.26. The highest BCUT2D eigenvalue weighted by atomic mass is 35.5. The maximum atomic E-state index is 13.7. The average Bonchev–Trinajstić information content (AvgIpc) is 2.80. The fraction of sp³-hybridized carbons (Fsp3) is 0.167. The van der Waals surface area contributed by atoms with Gasteiger partial charge < -0.3 is 5.32 Å². The molecule has 190 valence electrons. The van der Waals surface area contributed by atoms with Crippen molar-refractivity contribution in [3.8, 4) is 0 Å². The number of nitrogens with one attached hydrogen (secondary N) is 1. The summed E-state index contributed by atoms with van der Waals surface area (Å²) in [4.78, 5) is 4.10. The van der Waals surface area contributed by atoms with Crippen LogP contribution in [0.2, 0.25) is 15.1 Å². The van der Waals surface area contributed by atoms with Crippen molar-refractivity contribution < 1.29 is 26.3 Å². The molecule has 1 unspecified atom stereocenters. The second-order valence-electron chi connectivity index (χ2n) is 7.52. The first kappa shape index (κ1) is 28.2. The van der Waals surface area contributed by atoms with Gasteiger partial charge in [0.15, 0.2) is 0 Å². The van der Waals surface area contributed by atoms with Crippen molar-refractivity contribution in [2.75, 3.05) is 0 Å². The van der Waals surface area contributed by atoms with Gasteiger partial charge in [-0.1, -0.05) is 71.3 Å². The minimum absolute atomic E-state index is 0.0821. The first-order valence-corrected chi connectivity index (χ1v) is 11.6. The summed E-state index contributed by atoms with van der Waals surface area (Å²) >= 11 is 22.7. The molecular formula is C24H15Cl3F6N2S. The highest BCUT2D eigenvalue weighted by Gasteiger charge is 2.39. The number of alkyl halides is 6. The Balaban J connectivity index is 1.90. The average molecular weight is 584 g/mol. The summed E-state index contributed by atoms with van der Waals surface area (Å²) in [5.74, 6) is -2.18. The van der Waals surface area contributed by atoms with Gasteiger partial charge in [-0.05, 0) is 47.0 Å². The highest BCUT2D eigenvalue weighted by Crippen LogP contribution is 2.41. The third-order valence-corrected chi connectivity index (χ3v) is 6.58. The maximum Gasteiger partial charge on any atom is 0.416 e. The second-order valence-corrected chi connectivity index (χ2v) is 9.12. The van der Waals surface area contributed by atoms with Crippen LogP contribution in [0, 0.1) is 0 Å². The fourth-order valence-corrected chi connectivity index (χ4v) is 4.07. The minimum Gasteiger partial charge on any atom is -0.372 e. The molecule has 0 spiro atoms. The van der Waals surface area contributed by atoms with E-state index in [1.807, 2.05) is 0 Å². The summed E-state index contributed by atoms with van der Waals surface area (Å²) in [7, 11) is 0. The quantitative estimate of drug-likeness (QED) is 0.178. The minimum atomic E-state index is -4.77. The maximum absolute atomic E-state index is 13.7. The Hall–Kier alpha value is -2.33. The lowest BCUT2D eigenvalue weighted by atomic mass is 9.96. The van der Waals surface area contributed by atoms with Gasteiger partial charge in [-0.25, -0.2) is 0 Å². The van der Waals surface area contributed by atoms with Gasteiger partial charge in [-0.3, -0.25) is 4.98 Å². The molecule has 12 heteroatoms. The van der Waals surface area contributed by atoms with Crippen molar-refractivity contribution in [3.63, 3.8) is 0 Å². The van der Waals surface area contributed by atoms with Crippen LogP contribution in [0.25, 0.3) is 6.08 Å². The van der Waals surface area contributed by atoms with Crippen LogP contribution in [0.15, 0.2) is 60.9 Å². The second kappa shape index (κ2) is 11.4. The molecule has 3 aromatic rings. The number of benzene rings is 2. The Labute approximate surface area is 222 Å². The monoisotopic (exact) mass is 582 g/mol. The predicted molar refractivity (Wildman–Crippen MR) is 134 cm³/mol. The summed E-state index contributed by atoms with van der Waals surface area (Å²) in [6, 6.07) is 8.55. The zero-order valence-electron chi connectivity index (χ0n) is 17.9. The summed E-state index contributed by atoms with van der Waals surface area (Å²) < 4.78 is 82.5. The van der Waals surface area contributed by atoms with Crippen LogP contribution in [0.5, 0.6) is 0 Å². The van der Waals surface area contributed by atoms with Crippen molar-refractivity contribution in [1.82, 2.24) is 10.3 Å². The third-order valence-electron chi connectivity index (χ3n) is 5.00. The first-order chi connectivity index (χ1) is 16.8. The van der Waals surface area contributed by atoms with Gasteiger partial charge in [-0.2, -0.15) is 26.3 Å². The van der Waals surface area contributed by atoms with Crippen molar-refractivity contribution in [2.45, 2.75) is 24.8 Å². The number of nitrogens with zero attached hydrogens (tertiary/aromatic N) is 1. The molecule has 0 fully saturated rings. The van der Waals surface area contributed by atoms with Crippen LogP contribution >= 0.6 is 47.0 Å². The molecule has 2 nitrogen and oxygen atoms in total. The normalized spacial score (nSPS) is 13.1. The number of hydrogen-bond donors (Lipinski definition) is 1. The Bertz CT molecular complexity index is 1250. The Kier molecular flexibility index (Phi) is 8.93. The molecule has 0 aliphatic carbocycles. The van der Waals surface area contributed by atoms with Crippen LogP contribution in [0.3, 0.4) is 0 Å². The molecule has 1 atom stereocenters. The molecule has 1 N–H and O–H groups in total. The molecule has 2 aromatic carbocycles. The van der Waals surface area contributed by atoms with Gasteiger partial charge >= 0.3 is 12.4 Å². The number of rotatable bonds is 6. The molecule has 1 heterocycles. The van der Waals surface area contributed by atoms with Gasteiger partial charge in [0, 0.05) is 24.5 Å². The van der Waals surface area contributed by atoms with Crippen LogP contribution in [0.4, 0.5) is 26.3 Å². The number of aromatic nitrogens is 1. The molecule has 0 saturated carbocycles. The Morgan fingerprint density at radius 1 is 1.00 bits per heavy atom. The van der Waals surface area contributed by atoms with E-state index in [1.54, 1.807) is 12.1 Å². The lowest BCUT2D eigenvalue weighted by molar-refractivity contribution is -0.140. The van der Waals surface area contributed by atoms with Gasteiger partial charge in [-0.15, -0.1) is 0 Å². The van der Waals surface area contributed by atoms with E-state index in [0.717, 1.165) is 30.4 Å². The van der Waals surface area contributed by atoms with Gasteiger partial charge in [0.05, 0.1) is 26.5 Å². The predicted octanol–water partition coefficient (Wildman–Crippen LogP) is 8.89. The van der Waals surface area contributed by atoms with Crippen molar-refractivity contribution >= 4 is 58.1 Å². The molecule has 0 saturated heterocycles. The van der Waals surface area contributed by atoms with E-state index >= 15 is 0 Å². The Morgan fingerprint density at radius 2 is 1.67 bits per heavy atom. The largest absolute Gasteiger partial charge is 0.416 e. The molecular weight excluding hydrogens is 569 g/mol. The van der Waals surface area contributed by atoms with E-state index < -0.39 is 23.8 Å². The van der Waals surface area contributed by atoms with Crippen molar-refractivity contribution in [3.05, 3.63) is 104 Å². The summed E-state index contributed by atoms with van der Waals surface area (Å²) in [6.45, 7) is -0.250. The smallest absolute Gasteiger partial charge is 0.372 e. The standard InChI is InChI=1S/C24H15Cl3F6N2S/c25-19-9-16(10-20(26)21(19)27)17(23(28,29)30)6-4-13-3-5-14(18(8-13)24(31,32)33)12-35-22(36)15-2-1-7-34-11-15/h1-11,17H,12H2,(H,35,36)/b6-4+. The highest BCUT2D eigenvalue weighted by molar-refractivity contribution is 7.80. The topological polar surface area (TPSA) is 24.9 Å². The summed E-state index contributed by atoms with van der Waals surface area (Å²) in [5, 5.41) is 2.28. The molecule has 1 aromatic heterocycles. The first-order valence-electron chi connectivity index (χ1n) is 10.0. The number of halogens is 9. The van der Waals surface area contributed by atoms with E-state index in [2.05, 4.69) is 10.3 Å². The molecule has 0 bridgehead atoms. The van der Waals surface area contributed by atoms with E-state index in [0.29, 0.717) is 5.56 Å². The zero-order chi connectivity index (χ0) is 26.7. The van der Waals surface area contributed by atoms with E-state index in [-0.39, 0.29) is 43.3 Å². The summed E-state index contributed by atoms with van der Waals surface area (Å²) in [6.07, 6.45) is -4.83.